The van der Waals surface area contributed by atoms with Crippen LogP contribution < -0.4 is 0 Å². The summed E-state index contributed by atoms with van der Waals surface area (Å²) in [6.45, 7) is 5.14. The lowest BCUT2D eigenvalue weighted by atomic mass is 9.79. The van der Waals surface area contributed by atoms with Gasteiger partial charge in [0.1, 0.15) is 5.70 Å². The molecule has 2 fully saturated rings. The predicted octanol–water partition coefficient (Wildman–Crippen LogP) is 0.945. The Hall–Kier alpha value is -1.54. The first-order valence-electron chi connectivity index (χ1n) is 8.26. The van der Waals surface area contributed by atoms with Gasteiger partial charge in [0, 0.05) is 29.2 Å². The quantitative estimate of drug-likeness (QED) is 0.386. The van der Waals surface area contributed by atoms with Gasteiger partial charge in [-0.2, -0.15) is 0 Å². The second-order valence-corrected chi connectivity index (χ2v) is 8.10. The van der Waals surface area contributed by atoms with Gasteiger partial charge in [-0.05, 0) is 19.8 Å². The smallest absolute Gasteiger partial charge is 0.353 e. The Labute approximate surface area is 145 Å². The molecule has 0 radical (unpaired) electrons. The number of hydrogen-bond acceptors (Lipinski definition) is 5. The molecule has 24 heavy (non-hydrogen) atoms. The molecule has 1 amide bonds. The van der Waals surface area contributed by atoms with Gasteiger partial charge in [0.05, 0.1) is 24.4 Å². The van der Waals surface area contributed by atoms with E-state index < -0.39 is 18.0 Å². The van der Waals surface area contributed by atoms with Crippen molar-refractivity contribution in [2.75, 3.05) is 13.1 Å². The van der Waals surface area contributed by atoms with Crippen molar-refractivity contribution in [3.8, 4) is 0 Å². The Kier molecular flexibility index (Phi) is 4.61. The van der Waals surface area contributed by atoms with Gasteiger partial charge in [0.2, 0.25) is 5.91 Å². The standard InChI is InChI=1S/C16H23N3O4S/c1-8-12-11(9(2)20)15(21)19(12)13(16(22)23)14(8)24-10-3-5-18(7-17)6-4-10/h7-12,17,20H,3-6H2,1-2H3,(H,22,23)/t8-,9-,11-,12+/m1/s1. The highest BCUT2D eigenvalue weighted by atomic mass is 32.2. The molecule has 132 valence electrons. The minimum atomic E-state index is -1.07. The molecule has 7 nitrogen and oxygen atoms in total. The van der Waals surface area contributed by atoms with E-state index in [1.807, 2.05) is 11.8 Å². The van der Waals surface area contributed by atoms with Crippen LogP contribution in [0.2, 0.25) is 0 Å². The largest absolute Gasteiger partial charge is 0.477 e. The highest BCUT2D eigenvalue weighted by Crippen LogP contribution is 2.51. The molecule has 3 aliphatic heterocycles. The molecule has 8 heteroatoms. The maximum Gasteiger partial charge on any atom is 0.353 e. The van der Waals surface area contributed by atoms with E-state index in [-0.39, 0.29) is 23.6 Å². The maximum atomic E-state index is 12.3. The number of aliphatic hydroxyl groups is 1. The fourth-order valence-electron chi connectivity index (χ4n) is 3.98. The van der Waals surface area contributed by atoms with E-state index in [0.717, 1.165) is 30.8 Å². The molecule has 0 aliphatic carbocycles. The number of carboxylic acid groups (broad SMARTS) is 1. The number of β-lactam (4-membered cyclic amide) rings is 1. The minimum absolute atomic E-state index is 0.0702. The third-order valence-electron chi connectivity index (χ3n) is 5.26. The Bertz CT molecular complexity index is 598. The Morgan fingerprint density at radius 2 is 2.04 bits per heavy atom. The number of carbonyl (C=O) groups is 2. The lowest BCUT2D eigenvalue weighted by Crippen LogP contribution is -2.63. The second-order valence-electron chi connectivity index (χ2n) is 6.75. The number of carbonyl (C=O) groups excluding carboxylic acids is 1. The first kappa shape index (κ1) is 17.3. The van der Waals surface area contributed by atoms with Gasteiger partial charge in [-0.3, -0.25) is 10.2 Å². The second kappa shape index (κ2) is 6.40. The molecule has 2 saturated heterocycles. The summed E-state index contributed by atoms with van der Waals surface area (Å²) in [5.41, 5.74) is 0.105. The van der Waals surface area contributed by atoms with E-state index in [2.05, 4.69) is 0 Å². The van der Waals surface area contributed by atoms with Crippen molar-refractivity contribution in [1.29, 1.82) is 5.41 Å². The Morgan fingerprint density at radius 3 is 2.54 bits per heavy atom. The van der Waals surface area contributed by atoms with Crippen molar-refractivity contribution in [3.05, 3.63) is 10.6 Å². The van der Waals surface area contributed by atoms with E-state index >= 15 is 0 Å². The lowest BCUT2D eigenvalue weighted by Gasteiger charge is -2.46. The van der Waals surface area contributed by atoms with E-state index in [0.29, 0.717) is 5.25 Å². The molecule has 3 N–H and O–H groups in total. The van der Waals surface area contributed by atoms with Gasteiger partial charge in [-0.25, -0.2) is 4.79 Å². The first-order valence-corrected chi connectivity index (χ1v) is 9.14. The van der Waals surface area contributed by atoms with Crippen molar-refractivity contribution in [2.45, 2.75) is 44.1 Å². The number of nitrogens with zero attached hydrogens (tertiary/aromatic N) is 2. The number of amides is 1. The summed E-state index contributed by atoms with van der Waals surface area (Å²) < 4.78 is 0. The van der Waals surface area contributed by atoms with E-state index in [9.17, 15) is 19.8 Å². The molecule has 0 bridgehead atoms. The molecule has 3 rings (SSSR count). The van der Waals surface area contributed by atoms with Crippen LogP contribution in [0.1, 0.15) is 26.7 Å². The van der Waals surface area contributed by atoms with Crippen LogP contribution >= 0.6 is 11.8 Å². The van der Waals surface area contributed by atoms with Gasteiger partial charge in [0.15, 0.2) is 0 Å². The minimum Gasteiger partial charge on any atom is -0.477 e. The summed E-state index contributed by atoms with van der Waals surface area (Å²) in [5.74, 6) is -1.93. The summed E-state index contributed by atoms with van der Waals surface area (Å²) in [4.78, 5) is 28.1. The van der Waals surface area contributed by atoms with Gasteiger partial charge in [-0.15, -0.1) is 11.8 Å². The average molecular weight is 353 g/mol. The molecular weight excluding hydrogens is 330 g/mol. The number of nitrogens with one attached hydrogen (secondary N) is 1. The van der Waals surface area contributed by atoms with Gasteiger partial charge in [0.25, 0.3) is 0 Å². The van der Waals surface area contributed by atoms with E-state index in [1.54, 1.807) is 18.7 Å². The summed E-state index contributed by atoms with van der Waals surface area (Å²) in [5, 5.41) is 27.0. The van der Waals surface area contributed by atoms with Crippen molar-refractivity contribution >= 4 is 30.0 Å². The highest BCUT2D eigenvalue weighted by Gasteiger charge is 2.60. The van der Waals surface area contributed by atoms with Crippen molar-refractivity contribution in [3.63, 3.8) is 0 Å². The summed E-state index contributed by atoms with van der Waals surface area (Å²) in [7, 11) is 0. The van der Waals surface area contributed by atoms with Crippen LogP contribution in [-0.2, 0) is 9.59 Å². The molecule has 0 aromatic heterocycles. The van der Waals surface area contributed by atoms with Crippen LogP contribution in [0.3, 0.4) is 0 Å². The molecule has 3 heterocycles. The van der Waals surface area contributed by atoms with Crippen LogP contribution in [0.4, 0.5) is 0 Å². The molecule has 4 atom stereocenters. The summed E-state index contributed by atoms with van der Waals surface area (Å²) in [6, 6.07) is -0.243. The number of hydrogen-bond donors (Lipinski definition) is 3. The predicted molar refractivity (Wildman–Crippen MR) is 90.6 cm³/mol. The number of carboxylic acids is 1. The van der Waals surface area contributed by atoms with E-state index in [4.69, 9.17) is 5.41 Å². The SMILES string of the molecule is C[C@@H](O)[C@H]1C(=O)N2C(C(=O)O)=C(SC3CCN(C=N)CC3)[C@H](C)[C@@H]12. The normalized spacial score (nSPS) is 31.8. The molecule has 3 aliphatic rings. The molecule has 0 aromatic rings. The first-order chi connectivity index (χ1) is 11.4. The molecular formula is C16H23N3O4S. The maximum absolute atomic E-state index is 12.3. The van der Waals surface area contributed by atoms with Crippen LogP contribution in [0.15, 0.2) is 10.6 Å². The zero-order valence-corrected chi connectivity index (χ0v) is 14.6. The van der Waals surface area contributed by atoms with Crippen molar-refractivity contribution in [1.82, 2.24) is 9.80 Å². The third-order valence-corrected chi connectivity index (χ3v) is 6.89. The van der Waals surface area contributed by atoms with Crippen LogP contribution in [0.5, 0.6) is 0 Å². The number of thioether (sulfide) groups is 1. The zero-order chi connectivity index (χ0) is 17.6. The highest BCUT2D eigenvalue weighted by molar-refractivity contribution is 8.03. The molecule has 0 saturated carbocycles. The summed E-state index contributed by atoms with van der Waals surface area (Å²) in [6.07, 6.45) is 2.36. The van der Waals surface area contributed by atoms with Crippen molar-refractivity contribution in [2.24, 2.45) is 11.8 Å². The van der Waals surface area contributed by atoms with Crippen molar-refractivity contribution < 1.29 is 19.8 Å². The monoisotopic (exact) mass is 353 g/mol. The average Bonchev–Trinajstić information content (AvgIpc) is 2.77. The van der Waals surface area contributed by atoms with Gasteiger partial charge < -0.3 is 20.0 Å². The number of piperidine rings is 1. The number of fused-ring (bicyclic) bond motifs is 1. The number of aliphatic hydroxyl groups excluding tert-OH is 1. The number of aliphatic carboxylic acids is 1. The Balaban J connectivity index is 1.80. The Morgan fingerprint density at radius 1 is 1.42 bits per heavy atom. The van der Waals surface area contributed by atoms with Gasteiger partial charge in [-0.1, -0.05) is 6.92 Å². The number of likely N-dealkylation sites (tertiary alicyclic amines) is 1. The van der Waals surface area contributed by atoms with Crippen LogP contribution in [0, 0.1) is 17.2 Å². The zero-order valence-electron chi connectivity index (χ0n) is 13.8. The topological polar surface area (TPSA) is 105 Å². The summed E-state index contributed by atoms with van der Waals surface area (Å²) >= 11 is 1.57. The van der Waals surface area contributed by atoms with E-state index in [1.165, 1.54) is 11.2 Å². The van der Waals surface area contributed by atoms with Crippen LogP contribution in [0.25, 0.3) is 0 Å². The van der Waals surface area contributed by atoms with Crippen LogP contribution in [-0.4, -0.2) is 68.7 Å². The number of rotatable bonds is 5. The fraction of sp³-hybridized carbons (Fsp3) is 0.688. The molecule has 0 aromatic carbocycles. The molecule has 0 unspecified atom stereocenters. The fourth-order valence-corrected chi connectivity index (χ4v) is 5.44. The third kappa shape index (κ3) is 2.61. The molecule has 0 spiro atoms. The lowest BCUT2D eigenvalue weighted by molar-refractivity contribution is -0.163. The van der Waals surface area contributed by atoms with Gasteiger partial charge >= 0.3 is 5.97 Å².